The first-order valence-electron chi connectivity index (χ1n) is 9.49. The highest BCUT2D eigenvalue weighted by molar-refractivity contribution is 7.91. The minimum atomic E-state index is -1.10. The lowest BCUT2D eigenvalue weighted by molar-refractivity contribution is -0.116. The number of hydrogen-bond acceptors (Lipinski definition) is 4. The topological polar surface area (TPSA) is 74.3 Å². The predicted octanol–water partition coefficient (Wildman–Crippen LogP) is 4.09. The van der Waals surface area contributed by atoms with E-state index >= 15 is 0 Å². The molecule has 4 rings (SSSR count). The fraction of sp³-hybridized carbons (Fsp3) is 0.273. The number of fused-ring (bicyclic) bond motifs is 2. The summed E-state index contributed by atoms with van der Waals surface area (Å²) in [6.07, 6.45) is 2.90. The van der Waals surface area contributed by atoms with Gasteiger partial charge in [0.2, 0.25) is 10.9 Å². The van der Waals surface area contributed by atoms with Crippen LogP contribution in [0.2, 0.25) is 0 Å². The van der Waals surface area contributed by atoms with Crippen LogP contribution in [0.4, 0.5) is 5.69 Å². The van der Waals surface area contributed by atoms with Crippen molar-refractivity contribution in [3.8, 4) is 5.75 Å². The van der Waals surface area contributed by atoms with E-state index in [9.17, 15) is 9.35 Å². The largest absolute Gasteiger partial charge is 0.610 e. The molecule has 0 saturated heterocycles. The Morgan fingerprint density at radius 3 is 2.89 bits per heavy atom. The van der Waals surface area contributed by atoms with Crippen molar-refractivity contribution in [2.75, 3.05) is 17.7 Å². The first-order chi connectivity index (χ1) is 13.7. The Morgan fingerprint density at radius 2 is 1.96 bits per heavy atom. The number of ether oxygens (including phenoxy) is 1. The van der Waals surface area contributed by atoms with E-state index in [-0.39, 0.29) is 5.91 Å². The number of para-hydroxylation sites is 1. The van der Waals surface area contributed by atoms with Gasteiger partial charge in [-0.05, 0) is 55.2 Å². The third-order valence-corrected chi connectivity index (χ3v) is 6.12. The van der Waals surface area contributed by atoms with Gasteiger partial charge in [-0.25, -0.2) is 4.98 Å². The van der Waals surface area contributed by atoms with Crippen LogP contribution in [0.15, 0.2) is 59.6 Å². The second-order valence-corrected chi connectivity index (χ2v) is 8.33. The summed E-state index contributed by atoms with van der Waals surface area (Å²) < 4.78 is 18.3. The van der Waals surface area contributed by atoms with E-state index in [0.29, 0.717) is 23.8 Å². The molecule has 0 fully saturated rings. The molecule has 3 aromatic rings. The van der Waals surface area contributed by atoms with E-state index in [1.54, 1.807) is 0 Å². The summed E-state index contributed by atoms with van der Waals surface area (Å²) in [5, 5.41) is 4.56. The maximum atomic E-state index is 12.5. The Bertz CT molecular complexity index is 992. The molecule has 0 saturated carbocycles. The summed E-state index contributed by atoms with van der Waals surface area (Å²) in [5.41, 5.74) is 2.86. The third-order valence-electron chi connectivity index (χ3n) is 4.77. The molecular weight excluding hydrogens is 372 g/mol. The van der Waals surface area contributed by atoms with Gasteiger partial charge in [0.1, 0.15) is 11.5 Å². The van der Waals surface area contributed by atoms with Crippen molar-refractivity contribution in [2.45, 2.75) is 30.7 Å². The van der Waals surface area contributed by atoms with Crippen molar-refractivity contribution in [1.82, 2.24) is 4.98 Å². The highest BCUT2D eigenvalue weighted by Crippen LogP contribution is 2.27. The fourth-order valence-electron chi connectivity index (χ4n) is 3.25. The van der Waals surface area contributed by atoms with Crippen molar-refractivity contribution in [3.05, 3.63) is 60.2 Å². The summed E-state index contributed by atoms with van der Waals surface area (Å²) in [5.74, 6) is 1.45. The van der Waals surface area contributed by atoms with Gasteiger partial charge in [0, 0.05) is 34.7 Å². The van der Waals surface area contributed by atoms with Crippen LogP contribution < -0.4 is 10.1 Å². The second-order valence-electron chi connectivity index (χ2n) is 6.81. The van der Waals surface area contributed by atoms with Gasteiger partial charge in [-0.2, -0.15) is 0 Å². The van der Waals surface area contributed by atoms with Crippen LogP contribution in [0.5, 0.6) is 5.75 Å². The van der Waals surface area contributed by atoms with E-state index in [1.165, 1.54) is 0 Å². The number of nitrogens with one attached hydrogen (secondary N) is 1. The Labute approximate surface area is 167 Å². The van der Waals surface area contributed by atoms with Gasteiger partial charge in [-0.15, -0.1) is 0 Å². The molecule has 5 nitrogen and oxygen atoms in total. The number of benzene rings is 2. The SMILES string of the molecule is O=C1CCc2cc(OCCCC[S+]([O-])c3ccc4ccccc4n3)ccc2N1. The van der Waals surface area contributed by atoms with E-state index < -0.39 is 11.2 Å². The minimum absolute atomic E-state index is 0.0649. The molecule has 1 unspecified atom stereocenters. The number of aryl methyl sites for hydroxylation is 1. The summed E-state index contributed by atoms with van der Waals surface area (Å²) >= 11 is -1.10. The molecule has 0 aliphatic carbocycles. The van der Waals surface area contributed by atoms with Gasteiger partial charge in [-0.3, -0.25) is 4.79 Å². The van der Waals surface area contributed by atoms with E-state index in [0.717, 1.165) is 47.2 Å². The molecule has 28 heavy (non-hydrogen) atoms. The number of aromatic nitrogens is 1. The van der Waals surface area contributed by atoms with Crippen LogP contribution in [-0.2, 0) is 22.4 Å². The van der Waals surface area contributed by atoms with Gasteiger partial charge in [0.05, 0.1) is 12.1 Å². The van der Waals surface area contributed by atoms with Crippen LogP contribution in [0.3, 0.4) is 0 Å². The van der Waals surface area contributed by atoms with Crippen LogP contribution in [0, 0.1) is 0 Å². The maximum absolute atomic E-state index is 12.5. The van der Waals surface area contributed by atoms with Crippen molar-refractivity contribution >= 4 is 33.7 Å². The lowest BCUT2D eigenvalue weighted by atomic mass is 10.0. The summed E-state index contributed by atoms with van der Waals surface area (Å²) in [4.78, 5) is 15.9. The van der Waals surface area contributed by atoms with Gasteiger partial charge < -0.3 is 14.6 Å². The Balaban J connectivity index is 1.23. The van der Waals surface area contributed by atoms with E-state index in [1.807, 2.05) is 54.6 Å². The maximum Gasteiger partial charge on any atom is 0.245 e. The Hall–Kier alpha value is -2.57. The average Bonchev–Trinajstić information content (AvgIpc) is 2.73. The smallest absolute Gasteiger partial charge is 0.245 e. The summed E-state index contributed by atoms with van der Waals surface area (Å²) in [6.45, 7) is 0.577. The number of hydrogen-bond donors (Lipinski definition) is 1. The predicted molar refractivity (Wildman–Crippen MR) is 111 cm³/mol. The minimum Gasteiger partial charge on any atom is -0.610 e. The quantitative estimate of drug-likeness (QED) is 0.484. The number of pyridine rings is 1. The third kappa shape index (κ3) is 4.46. The number of anilines is 1. The Morgan fingerprint density at radius 1 is 1.07 bits per heavy atom. The standard InChI is InChI=1S/C22H22N2O3S/c25-21-11-7-17-15-18(9-10-20(17)23-21)27-13-3-4-14-28(26)22-12-8-16-5-1-2-6-19(16)24-22/h1-2,5-6,8-10,12,15H,3-4,7,11,13-14H2,(H,23,25). The first-order valence-corrected chi connectivity index (χ1v) is 10.8. The number of carbonyl (C=O) groups excluding carboxylic acids is 1. The van der Waals surface area contributed by atoms with Crippen molar-refractivity contribution in [3.63, 3.8) is 0 Å². The van der Waals surface area contributed by atoms with Gasteiger partial charge in [0.15, 0.2) is 0 Å². The molecule has 0 spiro atoms. The van der Waals surface area contributed by atoms with Gasteiger partial charge in [-0.1, -0.05) is 18.2 Å². The lowest BCUT2D eigenvalue weighted by Gasteiger charge is -2.17. The monoisotopic (exact) mass is 394 g/mol. The molecule has 144 valence electrons. The molecule has 6 heteroatoms. The molecule has 1 atom stereocenters. The number of rotatable bonds is 7. The molecule has 1 aliphatic rings. The molecule has 1 N–H and O–H groups in total. The fourth-order valence-corrected chi connectivity index (χ4v) is 4.35. The number of unbranched alkanes of at least 4 members (excludes halogenated alkanes) is 1. The van der Waals surface area contributed by atoms with E-state index in [2.05, 4.69) is 10.3 Å². The van der Waals surface area contributed by atoms with Crippen LogP contribution in [-0.4, -0.2) is 27.8 Å². The van der Waals surface area contributed by atoms with Crippen LogP contribution in [0.1, 0.15) is 24.8 Å². The van der Waals surface area contributed by atoms with Crippen LogP contribution in [0.25, 0.3) is 10.9 Å². The zero-order valence-electron chi connectivity index (χ0n) is 15.5. The second kappa shape index (κ2) is 8.63. The van der Waals surface area contributed by atoms with Gasteiger partial charge >= 0.3 is 0 Å². The first kappa shape index (κ1) is 18.8. The number of nitrogens with zero attached hydrogens (tertiary/aromatic N) is 1. The molecule has 2 aromatic carbocycles. The Kier molecular flexibility index (Phi) is 5.78. The van der Waals surface area contributed by atoms with Crippen LogP contribution >= 0.6 is 0 Å². The van der Waals surface area contributed by atoms with Gasteiger partial charge in [0.25, 0.3) is 0 Å². The normalized spacial score (nSPS) is 14.4. The number of amides is 1. The highest BCUT2D eigenvalue weighted by Gasteiger charge is 2.15. The van der Waals surface area contributed by atoms with Crippen molar-refractivity contribution in [1.29, 1.82) is 0 Å². The zero-order chi connectivity index (χ0) is 19.3. The number of carbonyl (C=O) groups is 1. The highest BCUT2D eigenvalue weighted by atomic mass is 32.2. The summed E-state index contributed by atoms with van der Waals surface area (Å²) in [6, 6.07) is 17.4. The zero-order valence-corrected chi connectivity index (χ0v) is 16.3. The van der Waals surface area contributed by atoms with Crippen molar-refractivity contribution in [2.24, 2.45) is 0 Å². The summed E-state index contributed by atoms with van der Waals surface area (Å²) in [7, 11) is 0. The molecule has 0 bridgehead atoms. The average molecular weight is 394 g/mol. The molecule has 1 aliphatic heterocycles. The molecule has 1 aromatic heterocycles. The van der Waals surface area contributed by atoms with Crippen molar-refractivity contribution < 1.29 is 14.1 Å². The molecule has 0 radical (unpaired) electrons. The lowest BCUT2D eigenvalue weighted by Crippen LogP contribution is -2.18. The van der Waals surface area contributed by atoms with E-state index in [4.69, 9.17) is 4.74 Å². The molecule has 2 heterocycles. The molecule has 1 amide bonds. The molecular formula is C22H22N2O3S.